The molecule has 0 bridgehead atoms. The number of aromatic nitrogens is 2. The first-order chi connectivity index (χ1) is 8.72. The third-order valence-corrected chi connectivity index (χ3v) is 3.77. The highest BCUT2D eigenvalue weighted by atomic mass is 35.5. The molecule has 0 aliphatic rings. The van der Waals surface area contributed by atoms with Gasteiger partial charge in [0.05, 0.1) is 11.1 Å². The molecular weight excluding hydrogens is 273 g/mol. The Morgan fingerprint density at radius 1 is 1.50 bits per heavy atom. The molecule has 1 N–H and O–H groups in total. The van der Waals surface area contributed by atoms with Crippen LogP contribution in [0.25, 0.3) is 0 Å². The van der Waals surface area contributed by atoms with E-state index in [-0.39, 0.29) is 11.9 Å². The fraction of sp³-hybridized carbons (Fsp3) is 0.333. The van der Waals surface area contributed by atoms with Crippen molar-refractivity contribution in [3.8, 4) is 0 Å². The molecule has 96 valence electrons. The second kappa shape index (κ2) is 6.22. The maximum Gasteiger partial charge on any atom is 0.127 e. The molecule has 2 aromatic rings. The molecular formula is C12H13ClFN3S. The Balaban J connectivity index is 2.24. The van der Waals surface area contributed by atoms with Crippen molar-refractivity contribution in [1.29, 1.82) is 0 Å². The second-order valence-corrected chi connectivity index (χ2v) is 5.06. The Hall–Kier alpha value is -1.04. The summed E-state index contributed by atoms with van der Waals surface area (Å²) < 4.78 is 17.6. The molecule has 0 amide bonds. The first-order valence-electron chi connectivity index (χ1n) is 5.66. The van der Waals surface area contributed by atoms with Crippen LogP contribution >= 0.6 is 23.1 Å². The smallest absolute Gasteiger partial charge is 0.127 e. The van der Waals surface area contributed by atoms with Crippen LogP contribution in [0, 0.1) is 5.82 Å². The summed E-state index contributed by atoms with van der Waals surface area (Å²) in [6, 6.07) is 4.73. The summed E-state index contributed by atoms with van der Waals surface area (Å²) in [4.78, 5) is 0.983. The van der Waals surface area contributed by atoms with Gasteiger partial charge in [-0.25, -0.2) is 4.39 Å². The first-order valence-corrected chi connectivity index (χ1v) is 6.81. The van der Waals surface area contributed by atoms with Crippen LogP contribution < -0.4 is 5.32 Å². The van der Waals surface area contributed by atoms with Gasteiger partial charge in [0.2, 0.25) is 0 Å². The van der Waals surface area contributed by atoms with Gasteiger partial charge in [-0.15, -0.1) is 5.10 Å². The van der Waals surface area contributed by atoms with Crippen molar-refractivity contribution in [2.75, 3.05) is 6.54 Å². The van der Waals surface area contributed by atoms with Gasteiger partial charge in [-0.2, -0.15) is 0 Å². The Morgan fingerprint density at radius 3 is 2.94 bits per heavy atom. The van der Waals surface area contributed by atoms with Crippen LogP contribution in [0.3, 0.4) is 0 Å². The second-order valence-electron chi connectivity index (χ2n) is 3.83. The Labute approximate surface area is 114 Å². The average Bonchev–Trinajstić information content (AvgIpc) is 2.86. The maximum absolute atomic E-state index is 13.8. The zero-order valence-corrected chi connectivity index (χ0v) is 11.4. The van der Waals surface area contributed by atoms with Crippen LogP contribution in [0.2, 0.25) is 5.02 Å². The van der Waals surface area contributed by atoms with Gasteiger partial charge in [0.25, 0.3) is 0 Å². The Kier molecular flexibility index (Phi) is 4.63. The zero-order chi connectivity index (χ0) is 13.0. The lowest BCUT2D eigenvalue weighted by molar-refractivity contribution is 0.533. The summed E-state index contributed by atoms with van der Waals surface area (Å²) in [5.41, 5.74) is 0.526. The highest BCUT2D eigenvalue weighted by Crippen LogP contribution is 2.26. The first kappa shape index (κ1) is 13.4. The molecule has 0 spiro atoms. The van der Waals surface area contributed by atoms with Crippen molar-refractivity contribution >= 4 is 23.1 Å². The quantitative estimate of drug-likeness (QED) is 0.916. The van der Waals surface area contributed by atoms with Crippen molar-refractivity contribution < 1.29 is 4.39 Å². The van der Waals surface area contributed by atoms with E-state index in [0.29, 0.717) is 17.0 Å². The fourth-order valence-corrected chi connectivity index (χ4v) is 2.60. The number of rotatable bonds is 5. The molecule has 0 fully saturated rings. The molecule has 0 saturated heterocycles. The molecule has 0 saturated carbocycles. The van der Waals surface area contributed by atoms with Gasteiger partial charge in [0, 0.05) is 16.6 Å². The number of benzene rings is 1. The minimum atomic E-state index is -0.275. The van der Waals surface area contributed by atoms with E-state index in [9.17, 15) is 4.39 Å². The lowest BCUT2D eigenvalue weighted by atomic mass is 10.0. The van der Waals surface area contributed by atoms with Crippen molar-refractivity contribution in [1.82, 2.24) is 14.9 Å². The number of nitrogens with one attached hydrogen (secondary N) is 1. The minimum absolute atomic E-state index is 0.00981. The fourth-order valence-electron chi connectivity index (χ4n) is 1.78. The van der Waals surface area contributed by atoms with E-state index < -0.39 is 0 Å². The van der Waals surface area contributed by atoms with Crippen LogP contribution in [0.4, 0.5) is 4.39 Å². The van der Waals surface area contributed by atoms with Crippen LogP contribution in [0.5, 0.6) is 0 Å². The summed E-state index contributed by atoms with van der Waals surface area (Å²) in [7, 11) is 0. The summed E-state index contributed by atoms with van der Waals surface area (Å²) in [6.45, 7) is 2.79. The number of nitrogens with zero attached hydrogens (tertiary/aromatic N) is 2. The van der Waals surface area contributed by atoms with Gasteiger partial charge in [-0.1, -0.05) is 29.1 Å². The molecule has 2 rings (SSSR count). The molecule has 1 heterocycles. The monoisotopic (exact) mass is 285 g/mol. The highest BCUT2D eigenvalue weighted by molar-refractivity contribution is 7.05. The molecule has 3 nitrogen and oxygen atoms in total. The molecule has 18 heavy (non-hydrogen) atoms. The number of likely N-dealkylation sites (N-methyl/N-ethyl adjacent to an activating group) is 1. The molecule has 6 heteroatoms. The van der Waals surface area contributed by atoms with Crippen LogP contribution in [-0.2, 0) is 6.42 Å². The molecule has 0 aliphatic heterocycles. The van der Waals surface area contributed by atoms with Gasteiger partial charge in [0.15, 0.2) is 0 Å². The third-order valence-electron chi connectivity index (χ3n) is 2.64. The van der Waals surface area contributed by atoms with Gasteiger partial charge >= 0.3 is 0 Å². The van der Waals surface area contributed by atoms with Gasteiger partial charge in [-0.05, 0) is 36.6 Å². The van der Waals surface area contributed by atoms with E-state index in [0.717, 1.165) is 11.4 Å². The summed E-state index contributed by atoms with van der Waals surface area (Å²) >= 11 is 7.35. The van der Waals surface area contributed by atoms with E-state index in [1.165, 1.54) is 17.6 Å². The van der Waals surface area contributed by atoms with Crippen molar-refractivity contribution in [3.63, 3.8) is 0 Å². The van der Waals surface area contributed by atoms with E-state index in [1.807, 2.05) is 6.92 Å². The predicted octanol–water partition coefficient (Wildman–Crippen LogP) is 3.22. The van der Waals surface area contributed by atoms with E-state index in [1.54, 1.807) is 18.3 Å². The Morgan fingerprint density at radius 2 is 2.33 bits per heavy atom. The van der Waals surface area contributed by atoms with Gasteiger partial charge < -0.3 is 5.32 Å². The summed E-state index contributed by atoms with van der Waals surface area (Å²) in [5.74, 6) is -0.275. The summed E-state index contributed by atoms with van der Waals surface area (Å²) in [6.07, 6.45) is 2.19. The van der Waals surface area contributed by atoms with Gasteiger partial charge in [-0.3, -0.25) is 0 Å². The van der Waals surface area contributed by atoms with Crippen LogP contribution in [0.1, 0.15) is 23.4 Å². The van der Waals surface area contributed by atoms with Gasteiger partial charge in [0.1, 0.15) is 5.82 Å². The number of hydrogen-bond donors (Lipinski definition) is 1. The lowest BCUT2D eigenvalue weighted by Gasteiger charge is -2.16. The zero-order valence-electron chi connectivity index (χ0n) is 9.86. The predicted molar refractivity (Wildman–Crippen MR) is 71.4 cm³/mol. The third kappa shape index (κ3) is 3.04. The van der Waals surface area contributed by atoms with E-state index in [2.05, 4.69) is 14.9 Å². The molecule has 0 radical (unpaired) electrons. The molecule has 1 aromatic carbocycles. The normalized spacial score (nSPS) is 12.6. The van der Waals surface area contributed by atoms with Crippen LogP contribution in [0.15, 0.2) is 24.4 Å². The average molecular weight is 286 g/mol. The highest BCUT2D eigenvalue weighted by Gasteiger charge is 2.17. The largest absolute Gasteiger partial charge is 0.309 e. The maximum atomic E-state index is 13.8. The number of halogens is 2. The summed E-state index contributed by atoms with van der Waals surface area (Å²) in [5, 5.41) is 7.56. The SMILES string of the molecule is CCNC(Cc1c(F)cccc1Cl)c1cnns1. The lowest BCUT2D eigenvalue weighted by Crippen LogP contribution is -2.22. The van der Waals surface area contributed by atoms with E-state index >= 15 is 0 Å². The molecule has 0 aliphatic carbocycles. The Bertz CT molecular complexity index is 484. The van der Waals surface area contributed by atoms with Crippen molar-refractivity contribution in [3.05, 3.63) is 45.7 Å². The standard InChI is InChI=1S/C12H13ClFN3S/c1-2-15-11(12-7-16-17-18-12)6-8-9(13)4-3-5-10(8)14/h3-5,7,11,15H,2,6H2,1H3. The minimum Gasteiger partial charge on any atom is -0.309 e. The molecule has 1 unspecified atom stereocenters. The number of hydrogen-bond acceptors (Lipinski definition) is 4. The van der Waals surface area contributed by atoms with E-state index in [4.69, 9.17) is 11.6 Å². The topological polar surface area (TPSA) is 37.8 Å². The molecule has 1 atom stereocenters. The van der Waals surface area contributed by atoms with Crippen molar-refractivity contribution in [2.45, 2.75) is 19.4 Å². The van der Waals surface area contributed by atoms with Crippen molar-refractivity contribution in [2.24, 2.45) is 0 Å². The van der Waals surface area contributed by atoms with Crippen LogP contribution in [-0.4, -0.2) is 16.1 Å². The molecule has 1 aromatic heterocycles.